The Labute approximate surface area is 161 Å². The van der Waals surface area contributed by atoms with Crippen molar-refractivity contribution in [2.75, 3.05) is 5.75 Å². The number of rotatable bonds is 4. The summed E-state index contributed by atoms with van der Waals surface area (Å²) in [6, 6.07) is 8.50. The number of thioether (sulfide) groups is 1. The van der Waals surface area contributed by atoms with E-state index in [1.54, 1.807) is 20.8 Å². The highest BCUT2D eigenvalue weighted by atomic mass is 32.2. The molecule has 0 spiro atoms. The van der Waals surface area contributed by atoms with Gasteiger partial charge in [0.1, 0.15) is 22.8 Å². The van der Waals surface area contributed by atoms with E-state index in [1.165, 1.54) is 16.7 Å². The van der Waals surface area contributed by atoms with Gasteiger partial charge in [-0.15, -0.1) is 11.8 Å². The van der Waals surface area contributed by atoms with E-state index < -0.39 is 28.9 Å². The number of nitrogens with one attached hydrogen (secondary N) is 1. The van der Waals surface area contributed by atoms with Gasteiger partial charge in [0.25, 0.3) is 5.91 Å². The number of β-lactam (4-membered cyclic amide) rings is 1. The summed E-state index contributed by atoms with van der Waals surface area (Å²) < 4.78 is 5.30. The molecular weight excluding hydrogens is 368 g/mol. The molecule has 1 aromatic carbocycles. The minimum Gasteiger partial charge on any atom is -0.509 e. The van der Waals surface area contributed by atoms with Gasteiger partial charge in [-0.2, -0.15) is 0 Å². The molecule has 0 radical (unpaired) electrons. The van der Waals surface area contributed by atoms with E-state index in [0.717, 1.165) is 5.56 Å². The van der Waals surface area contributed by atoms with Gasteiger partial charge in [0, 0.05) is 0 Å². The second-order valence-corrected chi connectivity index (χ2v) is 8.52. The third kappa shape index (κ3) is 4.10. The Morgan fingerprint density at radius 3 is 2.59 bits per heavy atom. The average molecular weight is 390 g/mol. The number of hydrogen-bond donors (Lipinski definition) is 2. The van der Waals surface area contributed by atoms with Gasteiger partial charge in [0.2, 0.25) is 5.91 Å². The molecule has 2 N–H and O–H groups in total. The second kappa shape index (κ2) is 7.26. The lowest BCUT2D eigenvalue weighted by atomic mass is 10.0. The number of fused-ring (bicyclic) bond motifs is 1. The number of aliphatic hydroxyl groups excluding tert-OH is 1. The van der Waals surface area contributed by atoms with Gasteiger partial charge >= 0.3 is 5.97 Å². The summed E-state index contributed by atoms with van der Waals surface area (Å²) in [6.07, 6.45) is 0.169. The number of nitrogens with zero attached hydrogens (tertiary/aromatic N) is 1. The van der Waals surface area contributed by atoms with Crippen molar-refractivity contribution >= 4 is 29.5 Å². The quantitative estimate of drug-likeness (QED) is 0.601. The first kappa shape index (κ1) is 19.3. The predicted octanol–water partition coefficient (Wildman–Crippen LogP) is 1.74. The zero-order valence-corrected chi connectivity index (χ0v) is 16.2. The minimum atomic E-state index is -0.748. The molecule has 1 aromatic rings. The SMILES string of the molecule is CC(C)(C)OC(=O)C1=C(O)CS[C@H]2C(NC(=O)Cc3ccccc3)C(=O)N12. The topological polar surface area (TPSA) is 95.9 Å². The molecule has 2 aliphatic heterocycles. The molecule has 0 aliphatic carbocycles. The lowest BCUT2D eigenvalue weighted by Gasteiger charge is -2.49. The molecule has 0 bridgehead atoms. The van der Waals surface area contributed by atoms with Crippen LogP contribution in [0.3, 0.4) is 0 Å². The fraction of sp³-hybridized carbons (Fsp3) is 0.421. The lowest BCUT2D eigenvalue weighted by molar-refractivity contribution is -0.159. The molecular formula is C19H22N2O5S. The van der Waals surface area contributed by atoms with E-state index in [0.29, 0.717) is 0 Å². The van der Waals surface area contributed by atoms with Gasteiger partial charge in [-0.25, -0.2) is 4.79 Å². The lowest BCUT2D eigenvalue weighted by Crippen LogP contribution is -2.70. The zero-order chi connectivity index (χ0) is 19.8. The third-order valence-corrected chi connectivity index (χ3v) is 5.33. The smallest absolute Gasteiger partial charge is 0.359 e. The van der Waals surface area contributed by atoms with Crippen LogP contribution in [0.25, 0.3) is 0 Å². The molecule has 0 saturated carbocycles. The molecule has 144 valence electrons. The highest BCUT2D eigenvalue weighted by Crippen LogP contribution is 2.40. The number of ether oxygens (including phenoxy) is 1. The van der Waals surface area contributed by atoms with Crippen LogP contribution in [0, 0.1) is 0 Å². The van der Waals surface area contributed by atoms with E-state index in [-0.39, 0.29) is 29.5 Å². The summed E-state index contributed by atoms with van der Waals surface area (Å²) in [4.78, 5) is 38.4. The summed E-state index contributed by atoms with van der Waals surface area (Å²) in [5.74, 6) is -1.45. The standard InChI is InChI=1S/C19H22N2O5S/c1-19(2,3)26-18(25)15-12(22)10-27-17-14(16(24)21(15)17)20-13(23)9-11-7-5-4-6-8-11/h4-8,14,17,22H,9-10H2,1-3H3,(H,20,23)/t14?,17-/m0/s1. The van der Waals surface area contributed by atoms with Gasteiger partial charge in [-0.3, -0.25) is 14.5 Å². The van der Waals surface area contributed by atoms with Crippen LogP contribution < -0.4 is 5.32 Å². The largest absolute Gasteiger partial charge is 0.509 e. The Bertz CT molecular complexity index is 800. The Morgan fingerprint density at radius 1 is 1.30 bits per heavy atom. The predicted molar refractivity (Wildman–Crippen MR) is 101 cm³/mol. The van der Waals surface area contributed by atoms with E-state index in [1.807, 2.05) is 30.3 Å². The highest BCUT2D eigenvalue weighted by Gasteiger charge is 2.55. The van der Waals surface area contributed by atoms with E-state index in [4.69, 9.17) is 4.74 Å². The Kier molecular flexibility index (Phi) is 5.19. The number of carbonyl (C=O) groups is 3. The van der Waals surface area contributed by atoms with Crippen molar-refractivity contribution in [1.29, 1.82) is 0 Å². The molecule has 7 nitrogen and oxygen atoms in total. The van der Waals surface area contributed by atoms with Crippen LogP contribution >= 0.6 is 11.8 Å². The molecule has 8 heteroatoms. The van der Waals surface area contributed by atoms with Gasteiger partial charge in [-0.1, -0.05) is 30.3 Å². The highest BCUT2D eigenvalue weighted by molar-refractivity contribution is 8.00. The Hall–Kier alpha value is -2.48. The first-order chi connectivity index (χ1) is 12.7. The van der Waals surface area contributed by atoms with Gasteiger partial charge in [0.05, 0.1) is 12.2 Å². The summed E-state index contributed by atoms with van der Waals surface area (Å²) >= 11 is 1.30. The molecule has 2 atom stereocenters. The van der Waals surface area contributed by atoms with Crippen LogP contribution in [0.5, 0.6) is 0 Å². The number of benzene rings is 1. The molecule has 2 heterocycles. The van der Waals surface area contributed by atoms with Crippen LogP contribution in [0.15, 0.2) is 41.8 Å². The van der Waals surface area contributed by atoms with Crippen LogP contribution in [-0.2, 0) is 25.5 Å². The fourth-order valence-corrected chi connectivity index (χ4v) is 4.13. The minimum absolute atomic E-state index is 0.132. The van der Waals surface area contributed by atoms with E-state index >= 15 is 0 Å². The van der Waals surface area contributed by atoms with Crippen molar-refractivity contribution in [1.82, 2.24) is 10.2 Å². The third-order valence-electron chi connectivity index (χ3n) is 4.06. The molecule has 27 heavy (non-hydrogen) atoms. The van der Waals surface area contributed by atoms with Crippen LogP contribution in [0.4, 0.5) is 0 Å². The van der Waals surface area contributed by atoms with Gasteiger partial charge < -0.3 is 15.2 Å². The van der Waals surface area contributed by atoms with Crippen molar-refractivity contribution < 1.29 is 24.2 Å². The molecule has 1 fully saturated rings. The van der Waals surface area contributed by atoms with Crippen molar-refractivity contribution in [3.8, 4) is 0 Å². The fourth-order valence-electron chi connectivity index (χ4n) is 2.93. The van der Waals surface area contributed by atoms with Crippen molar-refractivity contribution in [3.63, 3.8) is 0 Å². The van der Waals surface area contributed by atoms with Crippen LogP contribution in [0.2, 0.25) is 0 Å². The van der Waals surface area contributed by atoms with Crippen molar-refractivity contribution in [2.24, 2.45) is 0 Å². The van der Waals surface area contributed by atoms with Crippen molar-refractivity contribution in [3.05, 3.63) is 47.4 Å². The number of esters is 1. The zero-order valence-electron chi connectivity index (χ0n) is 15.4. The summed E-state index contributed by atoms with van der Waals surface area (Å²) in [5, 5.41) is 12.4. The number of amides is 2. The first-order valence-corrected chi connectivity index (χ1v) is 9.65. The van der Waals surface area contributed by atoms with Gasteiger partial charge in [0.15, 0.2) is 5.70 Å². The second-order valence-electron chi connectivity index (χ2n) is 7.41. The maximum absolute atomic E-state index is 12.6. The number of carbonyl (C=O) groups excluding carboxylic acids is 3. The molecule has 1 saturated heterocycles. The maximum Gasteiger partial charge on any atom is 0.359 e. The van der Waals surface area contributed by atoms with E-state index in [2.05, 4.69) is 5.32 Å². The molecule has 0 aromatic heterocycles. The number of aliphatic hydroxyl groups is 1. The summed E-state index contributed by atoms with van der Waals surface area (Å²) in [5.41, 5.74) is -0.0315. The molecule has 2 amide bonds. The molecule has 3 rings (SSSR count). The van der Waals surface area contributed by atoms with Crippen LogP contribution in [-0.4, -0.2) is 50.6 Å². The molecule has 1 unspecified atom stereocenters. The average Bonchev–Trinajstić information content (AvgIpc) is 2.58. The summed E-state index contributed by atoms with van der Waals surface area (Å²) in [6.45, 7) is 5.13. The normalized spacial score (nSPS) is 22.0. The van der Waals surface area contributed by atoms with Crippen LogP contribution in [0.1, 0.15) is 26.3 Å². The summed E-state index contributed by atoms with van der Waals surface area (Å²) in [7, 11) is 0. The monoisotopic (exact) mass is 390 g/mol. The number of hydrogen-bond acceptors (Lipinski definition) is 6. The van der Waals surface area contributed by atoms with Gasteiger partial charge in [-0.05, 0) is 26.3 Å². The van der Waals surface area contributed by atoms with Crippen molar-refractivity contribution in [2.45, 2.75) is 44.2 Å². The Balaban J connectivity index is 1.68. The maximum atomic E-state index is 12.6. The molecule has 2 aliphatic rings. The first-order valence-electron chi connectivity index (χ1n) is 8.61. The Morgan fingerprint density at radius 2 is 1.96 bits per heavy atom. The van der Waals surface area contributed by atoms with E-state index in [9.17, 15) is 19.5 Å².